The first-order valence-corrected chi connectivity index (χ1v) is 9.82. The van der Waals surface area contributed by atoms with Crippen molar-refractivity contribution in [3.05, 3.63) is 35.0 Å². The second kappa shape index (κ2) is 6.94. The number of amides is 1. The van der Waals surface area contributed by atoms with E-state index in [0.717, 1.165) is 43.1 Å². The first-order chi connectivity index (χ1) is 12.9. The highest BCUT2D eigenvalue weighted by atomic mass is 16.5. The van der Waals surface area contributed by atoms with E-state index in [0.29, 0.717) is 17.9 Å². The Bertz CT molecular complexity index is 839. The molecular formula is C20H27N5O2. The summed E-state index contributed by atoms with van der Waals surface area (Å²) in [5.74, 6) is 1.32. The van der Waals surface area contributed by atoms with E-state index in [1.54, 1.807) is 6.07 Å². The summed E-state index contributed by atoms with van der Waals surface area (Å²) in [5.41, 5.74) is 2.44. The number of aryl methyl sites for hydroxylation is 1. The van der Waals surface area contributed by atoms with Crippen LogP contribution in [0.25, 0.3) is 0 Å². The Kier molecular flexibility index (Phi) is 4.61. The summed E-state index contributed by atoms with van der Waals surface area (Å²) in [6.07, 6.45) is 6.74. The molecule has 2 aromatic heterocycles. The predicted octanol–water partition coefficient (Wildman–Crippen LogP) is 3.07. The topological polar surface area (TPSA) is 84.2 Å². The highest BCUT2D eigenvalue weighted by Crippen LogP contribution is 2.40. The van der Waals surface area contributed by atoms with Crippen molar-refractivity contribution < 1.29 is 9.32 Å². The molecule has 1 fully saturated rings. The fourth-order valence-corrected chi connectivity index (χ4v) is 4.05. The maximum absolute atomic E-state index is 12.7. The van der Waals surface area contributed by atoms with Crippen LogP contribution in [-0.2, 0) is 12.8 Å². The van der Waals surface area contributed by atoms with E-state index < -0.39 is 0 Å². The van der Waals surface area contributed by atoms with Gasteiger partial charge in [0.2, 0.25) is 5.95 Å². The average Bonchev–Trinajstić information content (AvgIpc) is 3.32. The maximum Gasteiger partial charge on any atom is 0.273 e. The van der Waals surface area contributed by atoms with Gasteiger partial charge in [-0.05, 0) is 31.1 Å². The summed E-state index contributed by atoms with van der Waals surface area (Å²) in [7, 11) is 0. The Morgan fingerprint density at radius 2 is 2.15 bits per heavy atom. The molecule has 2 aromatic rings. The van der Waals surface area contributed by atoms with Crippen LogP contribution in [0.3, 0.4) is 0 Å². The average molecular weight is 369 g/mol. The lowest BCUT2D eigenvalue weighted by molar-refractivity contribution is 0.0909. The van der Waals surface area contributed by atoms with Crippen molar-refractivity contribution >= 4 is 11.9 Å². The van der Waals surface area contributed by atoms with Gasteiger partial charge >= 0.3 is 0 Å². The molecule has 0 unspecified atom stereocenters. The molecule has 7 nitrogen and oxygen atoms in total. The number of carbonyl (C=O) groups excluding carboxylic acids is 1. The van der Waals surface area contributed by atoms with E-state index in [2.05, 4.69) is 34.2 Å². The van der Waals surface area contributed by atoms with Crippen LogP contribution in [0.15, 0.2) is 16.8 Å². The molecule has 3 heterocycles. The third-order valence-corrected chi connectivity index (χ3v) is 5.50. The number of nitrogens with one attached hydrogen (secondary N) is 1. The zero-order chi connectivity index (χ0) is 19.0. The summed E-state index contributed by atoms with van der Waals surface area (Å²) in [6, 6.07) is 1.59. The number of carbonyl (C=O) groups is 1. The molecule has 1 aliphatic heterocycles. The summed E-state index contributed by atoms with van der Waals surface area (Å²) in [5, 5.41) is 7.00. The molecule has 4 rings (SSSR count). The summed E-state index contributed by atoms with van der Waals surface area (Å²) in [4.78, 5) is 24.4. The predicted molar refractivity (Wildman–Crippen MR) is 102 cm³/mol. The fourth-order valence-electron chi connectivity index (χ4n) is 4.05. The third-order valence-electron chi connectivity index (χ3n) is 5.50. The Balaban J connectivity index is 1.59. The number of fused-ring (bicyclic) bond motifs is 1. The van der Waals surface area contributed by atoms with Gasteiger partial charge in [0.25, 0.3) is 5.91 Å². The Morgan fingerprint density at radius 1 is 1.37 bits per heavy atom. The minimum Gasteiger partial charge on any atom is -0.361 e. The first kappa shape index (κ1) is 17.9. The molecule has 7 heteroatoms. The summed E-state index contributed by atoms with van der Waals surface area (Å²) >= 11 is 0. The smallest absolute Gasteiger partial charge is 0.273 e. The molecule has 0 bridgehead atoms. The Labute approximate surface area is 159 Å². The van der Waals surface area contributed by atoms with Gasteiger partial charge in [-0.3, -0.25) is 4.79 Å². The number of hydrogen-bond donors (Lipinski definition) is 1. The minimum atomic E-state index is -0.212. The molecular weight excluding hydrogens is 342 g/mol. The number of aromatic nitrogens is 3. The maximum atomic E-state index is 12.7. The summed E-state index contributed by atoms with van der Waals surface area (Å²) in [6.45, 7) is 8.45. The number of anilines is 1. The van der Waals surface area contributed by atoms with Gasteiger partial charge in [-0.1, -0.05) is 25.9 Å². The van der Waals surface area contributed by atoms with Gasteiger partial charge in [-0.15, -0.1) is 0 Å². The molecule has 0 spiro atoms. The molecule has 27 heavy (non-hydrogen) atoms. The SMILES string of the molecule is CCc1cc(C(=O)N[C@@H]2CC(C)(C)Cc3nc(N4CCCC4)ncc32)no1. The van der Waals surface area contributed by atoms with E-state index in [4.69, 9.17) is 9.51 Å². The van der Waals surface area contributed by atoms with Gasteiger partial charge in [0.1, 0.15) is 5.76 Å². The van der Waals surface area contributed by atoms with Gasteiger partial charge in [0.05, 0.1) is 11.7 Å². The molecule has 0 saturated carbocycles. The zero-order valence-corrected chi connectivity index (χ0v) is 16.3. The standard InChI is InChI=1S/C20H27N5O2/c1-4-13-9-15(24-27-13)18(26)22-16-10-20(2,3)11-17-14(16)12-21-19(23-17)25-7-5-6-8-25/h9,12,16H,4-8,10-11H2,1-3H3,(H,22,26)/t16-/m1/s1. The largest absolute Gasteiger partial charge is 0.361 e. The lowest BCUT2D eigenvalue weighted by Crippen LogP contribution is -2.37. The van der Waals surface area contributed by atoms with Crippen LogP contribution in [0.5, 0.6) is 0 Å². The summed E-state index contributed by atoms with van der Waals surface area (Å²) < 4.78 is 5.17. The van der Waals surface area contributed by atoms with Gasteiger partial charge in [-0.2, -0.15) is 0 Å². The van der Waals surface area contributed by atoms with Crippen molar-refractivity contribution in [2.24, 2.45) is 5.41 Å². The van der Waals surface area contributed by atoms with Crippen molar-refractivity contribution in [1.82, 2.24) is 20.4 Å². The van der Waals surface area contributed by atoms with Crippen molar-refractivity contribution in [3.63, 3.8) is 0 Å². The Hall–Kier alpha value is -2.44. The van der Waals surface area contributed by atoms with Gasteiger partial charge in [0.15, 0.2) is 5.69 Å². The number of hydrogen-bond acceptors (Lipinski definition) is 6. The third kappa shape index (κ3) is 3.68. The van der Waals surface area contributed by atoms with Crippen LogP contribution in [0.2, 0.25) is 0 Å². The molecule has 144 valence electrons. The molecule has 1 amide bonds. The van der Waals surface area contributed by atoms with Crippen molar-refractivity contribution in [1.29, 1.82) is 0 Å². The van der Waals surface area contributed by atoms with Crippen LogP contribution >= 0.6 is 0 Å². The van der Waals surface area contributed by atoms with Gasteiger partial charge < -0.3 is 14.7 Å². The molecule has 1 saturated heterocycles. The molecule has 1 aliphatic carbocycles. The van der Waals surface area contributed by atoms with E-state index in [9.17, 15) is 4.79 Å². The monoisotopic (exact) mass is 369 g/mol. The van der Waals surface area contributed by atoms with Gasteiger partial charge in [-0.25, -0.2) is 9.97 Å². The second-order valence-electron chi connectivity index (χ2n) is 8.37. The lowest BCUT2D eigenvalue weighted by atomic mass is 9.74. The van der Waals surface area contributed by atoms with Crippen LogP contribution < -0.4 is 10.2 Å². The van der Waals surface area contributed by atoms with E-state index in [1.165, 1.54) is 12.8 Å². The zero-order valence-electron chi connectivity index (χ0n) is 16.3. The van der Waals surface area contributed by atoms with Crippen molar-refractivity contribution in [2.75, 3.05) is 18.0 Å². The second-order valence-corrected chi connectivity index (χ2v) is 8.37. The van der Waals surface area contributed by atoms with Crippen molar-refractivity contribution in [2.45, 2.75) is 58.9 Å². The van der Waals surface area contributed by atoms with E-state index in [1.807, 2.05) is 13.1 Å². The number of rotatable bonds is 4. The molecule has 2 aliphatic rings. The fraction of sp³-hybridized carbons (Fsp3) is 0.600. The first-order valence-electron chi connectivity index (χ1n) is 9.82. The molecule has 1 N–H and O–H groups in total. The highest BCUT2D eigenvalue weighted by molar-refractivity contribution is 5.92. The van der Waals surface area contributed by atoms with Gasteiger partial charge in [0, 0.05) is 37.3 Å². The van der Waals surface area contributed by atoms with Crippen molar-refractivity contribution in [3.8, 4) is 0 Å². The minimum absolute atomic E-state index is 0.0555. The lowest BCUT2D eigenvalue weighted by Gasteiger charge is -2.36. The quantitative estimate of drug-likeness (QED) is 0.892. The number of nitrogens with zero attached hydrogens (tertiary/aromatic N) is 4. The van der Waals surface area contributed by atoms with Crippen LogP contribution in [0.1, 0.15) is 73.6 Å². The highest BCUT2D eigenvalue weighted by Gasteiger charge is 2.35. The molecule has 1 atom stereocenters. The molecule has 0 radical (unpaired) electrons. The van der Waals surface area contributed by atoms with Crippen LogP contribution in [0, 0.1) is 5.41 Å². The molecule has 0 aromatic carbocycles. The van der Waals surface area contributed by atoms with E-state index in [-0.39, 0.29) is 17.4 Å². The Morgan fingerprint density at radius 3 is 2.85 bits per heavy atom. The van der Waals surface area contributed by atoms with E-state index >= 15 is 0 Å². The van der Waals surface area contributed by atoms with Crippen LogP contribution in [0.4, 0.5) is 5.95 Å². The normalized spacial score (nSPS) is 21.1. The van der Waals surface area contributed by atoms with Crippen LogP contribution in [-0.4, -0.2) is 34.1 Å².